The molecule has 0 bridgehead atoms. The fraction of sp³-hybridized carbons (Fsp3) is 0.909. The first kappa shape index (κ1) is 15.6. The highest BCUT2D eigenvalue weighted by Crippen LogP contribution is 2.36. The van der Waals surface area contributed by atoms with Crippen molar-refractivity contribution in [2.45, 2.75) is 51.4 Å². The third-order valence-electron chi connectivity index (χ3n) is 3.21. The van der Waals surface area contributed by atoms with Crippen molar-refractivity contribution in [1.82, 2.24) is 0 Å². The van der Waals surface area contributed by atoms with Gasteiger partial charge in [0.15, 0.2) is 14.4 Å². The molecule has 0 aromatic heterocycles. The zero-order valence-corrected chi connectivity index (χ0v) is 12.2. The monoisotopic (exact) mass is 248 g/mol. The summed E-state index contributed by atoms with van der Waals surface area (Å²) in [6.45, 7) is 11.2. The summed E-state index contributed by atoms with van der Waals surface area (Å²) in [5, 5.41) is 8.94. The van der Waals surface area contributed by atoms with Crippen LogP contribution >= 0.6 is 0 Å². The summed E-state index contributed by atoms with van der Waals surface area (Å²) < 4.78 is 10.7. The molecule has 0 saturated heterocycles. The van der Waals surface area contributed by atoms with Crippen LogP contribution in [0.4, 0.5) is 0 Å². The van der Waals surface area contributed by atoms with Gasteiger partial charge in [0.05, 0.1) is 0 Å². The smallest absolute Gasteiger partial charge is 0.332 e. The molecule has 1 unspecified atom stereocenters. The highest BCUT2D eigenvalue weighted by atomic mass is 28.4. The van der Waals surface area contributed by atoms with Crippen molar-refractivity contribution in [1.29, 1.82) is 0 Å². The van der Waals surface area contributed by atoms with Crippen LogP contribution in [0, 0.1) is 0 Å². The van der Waals surface area contributed by atoms with Crippen molar-refractivity contribution in [3.05, 3.63) is 0 Å². The van der Waals surface area contributed by atoms with E-state index in [9.17, 15) is 4.79 Å². The van der Waals surface area contributed by atoms with E-state index in [1.807, 2.05) is 0 Å². The number of hydrogen-bond acceptors (Lipinski definition) is 3. The number of ether oxygens (including phenoxy) is 1. The Hall–Kier alpha value is -0.393. The van der Waals surface area contributed by atoms with Crippen LogP contribution in [0.3, 0.4) is 0 Å². The minimum Gasteiger partial charge on any atom is -0.479 e. The fourth-order valence-electron chi connectivity index (χ4n) is 0.980. The van der Waals surface area contributed by atoms with Crippen LogP contribution < -0.4 is 0 Å². The molecule has 0 amide bonds. The van der Waals surface area contributed by atoms with E-state index >= 15 is 0 Å². The number of aliphatic carboxylic acids is 1. The van der Waals surface area contributed by atoms with E-state index in [0.717, 1.165) is 0 Å². The van der Waals surface area contributed by atoms with Crippen LogP contribution in [0.25, 0.3) is 0 Å². The van der Waals surface area contributed by atoms with Crippen LogP contribution in [0.15, 0.2) is 0 Å². The summed E-state index contributed by atoms with van der Waals surface area (Å²) in [5.41, 5.74) is 0. The molecule has 0 heterocycles. The number of methoxy groups -OCH3 is 1. The Labute approximate surface area is 99.1 Å². The Morgan fingerprint density at radius 3 is 2.19 bits per heavy atom. The first-order valence-electron chi connectivity index (χ1n) is 5.51. The van der Waals surface area contributed by atoms with Crippen molar-refractivity contribution < 1.29 is 19.1 Å². The SMILES string of the molecule is COC(CCO[Si](C)(C)C(C)(C)C)C(=O)O. The van der Waals surface area contributed by atoms with E-state index in [1.54, 1.807) is 0 Å². The van der Waals surface area contributed by atoms with Gasteiger partial charge >= 0.3 is 5.97 Å². The summed E-state index contributed by atoms with van der Waals surface area (Å²) >= 11 is 0. The van der Waals surface area contributed by atoms with Gasteiger partial charge in [-0.2, -0.15) is 0 Å². The number of carboxylic acids is 1. The van der Waals surface area contributed by atoms with Gasteiger partial charge in [0.2, 0.25) is 0 Å². The van der Waals surface area contributed by atoms with Crippen LogP contribution in [-0.4, -0.2) is 39.2 Å². The van der Waals surface area contributed by atoms with Gasteiger partial charge in [0, 0.05) is 20.1 Å². The number of rotatable bonds is 6. The second-order valence-corrected chi connectivity index (χ2v) is 10.3. The Kier molecular flexibility index (Phi) is 5.65. The maximum Gasteiger partial charge on any atom is 0.332 e. The molecule has 4 nitrogen and oxygen atoms in total. The molecule has 0 aliphatic heterocycles. The van der Waals surface area contributed by atoms with Crippen LogP contribution in [0.2, 0.25) is 18.1 Å². The van der Waals surface area contributed by atoms with E-state index < -0.39 is 20.4 Å². The minimum absolute atomic E-state index is 0.152. The lowest BCUT2D eigenvalue weighted by molar-refractivity contribution is -0.149. The molecule has 0 aliphatic rings. The minimum atomic E-state index is -1.77. The zero-order valence-electron chi connectivity index (χ0n) is 11.2. The molecule has 0 aromatic rings. The zero-order chi connectivity index (χ0) is 13.0. The molecule has 0 aliphatic carbocycles. The van der Waals surface area contributed by atoms with Crippen molar-refractivity contribution in [3.63, 3.8) is 0 Å². The van der Waals surface area contributed by atoms with Crippen LogP contribution in [0.1, 0.15) is 27.2 Å². The second-order valence-electron chi connectivity index (χ2n) is 5.46. The molecule has 0 aromatic carbocycles. The second kappa shape index (κ2) is 5.79. The van der Waals surface area contributed by atoms with Crippen molar-refractivity contribution >= 4 is 14.3 Å². The molecule has 5 heteroatoms. The molecule has 96 valence electrons. The highest BCUT2D eigenvalue weighted by molar-refractivity contribution is 6.74. The summed E-state index contributed by atoms with van der Waals surface area (Å²) in [7, 11) is -0.360. The van der Waals surface area contributed by atoms with Crippen molar-refractivity contribution in [3.8, 4) is 0 Å². The molecular formula is C11H24O4Si. The van der Waals surface area contributed by atoms with Crippen molar-refractivity contribution in [2.24, 2.45) is 0 Å². The van der Waals surface area contributed by atoms with E-state index in [1.165, 1.54) is 7.11 Å². The largest absolute Gasteiger partial charge is 0.479 e. The normalized spacial score (nSPS) is 14.9. The van der Waals surface area contributed by atoms with Gasteiger partial charge < -0.3 is 14.3 Å². The van der Waals surface area contributed by atoms with Gasteiger partial charge in [0.25, 0.3) is 0 Å². The quantitative estimate of drug-likeness (QED) is 0.734. The maximum atomic E-state index is 10.7. The summed E-state index contributed by atoms with van der Waals surface area (Å²) in [6.07, 6.45) is -0.358. The van der Waals surface area contributed by atoms with Gasteiger partial charge in [-0.25, -0.2) is 4.79 Å². The Morgan fingerprint density at radius 1 is 1.38 bits per heavy atom. The van der Waals surface area contributed by atoms with Crippen LogP contribution in [0.5, 0.6) is 0 Å². The van der Waals surface area contributed by atoms with E-state index in [4.69, 9.17) is 14.3 Å². The maximum absolute atomic E-state index is 10.7. The Bertz CT molecular complexity index is 233. The Morgan fingerprint density at radius 2 is 1.88 bits per heavy atom. The van der Waals surface area contributed by atoms with Gasteiger partial charge in [0.1, 0.15) is 0 Å². The standard InChI is InChI=1S/C11H24O4Si/c1-11(2,3)16(5,6)15-8-7-9(14-4)10(12)13/h9H,7-8H2,1-6H3,(H,12,13). The first-order valence-corrected chi connectivity index (χ1v) is 8.42. The predicted octanol–water partition coefficient (Wildman–Crippen LogP) is 2.50. The van der Waals surface area contributed by atoms with Gasteiger partial charge in [-0.1, -0.05) is 20.8 Å². The lowest BCUT2D eigenvalue weighted by atomic mass is 10.2. The first-order chi connectivity index (χ1) is 7.12. The fourth-order valence-corrected chi connectivity index (χ4v) is 2.04. The van der Waals surface area contributed by atoms with E-state index in [2.05, 4.69) is 33.9 Å². The molecular weight excluding hydrogens is 224 g/mol. The van der Waals surface area contributed by atoms with E-state index in [0.29, 0.717) is 13.0 Å². The molecule has 0 fully saturated rings. The Balaban J connectivity index is 4.12. The topological polar surface area (TPSA) is 55.8 Å². The van der Waals surface area contributed by atoms with Crippen molar-refractivity contribution in [2.75, 3.05) is 13.7 Å². The third-order valence-corrected chi connectivity index (χ3v) is 7.75. The van der Waals surface area contributed by atoms with Gasteiger partial charge in [-0.15, -0.1) is 0 Å². The molecule has 1 N–H and O–H groups in total. The molecule has 0 spiro atoms. The van der Waals surface area contributed by atoms with Crippen LogP contribution in [-0.2, 0) is 14.0 Å². The molecule has 0 radical (unpaired) electrons. The summed E-state index contributed by atoms with van der Waals surface area (Å²) in [5.74, 6) is -0.929. The molecule has 1 atom stereocenters. The summed E-state index contributed by atoms with van der Waals surface area (Å²) in [4.78, 5) is 10.7. The molecule has 0 saturated carbocycles. The third kappa shape index (κ3) is 4.63. The lowest BCUT2D eigenvalue weighted by Crippen LogP contribution is -2.41. The average Bonchev–Trinajstić information content (AvgIpc) is 2.09. The number of carboxylic acid groups (broad SMARTS) is 1. The number of hydrogen-bond donors (Lipinski definition) is 1. The number of carbonyl (C=O) groups is 1. The average molecular weight is 248 g/mol. The lowest BCUT2D eigenvalue weighted by Gasteiger charge is -2.36. The van der Waals surface area contributed by atoms with Gasteiger partial charge in [-0.05, 0) is 18.1 Å². The molecule has 16 heavy (non-hydrogen) atoms. The highest BCUT2D eigenvalue weighted by Gasteiger charge is 2.37. The molecule has 0 rings (SSSR count). The van der Waals surface area contributed by atoms with E-state index in [-0.39, 0.29) is 5.04 Å². The van der Waals surface area contributed by atoms with Gasteiger partial charge in [-0.3, -0.25) is 0 Å². The predicted molar refractivity (Wildman–Crippen MR) is 66.2 cm³/mol. The summed E-state index contributed by atoms with van der Waals surface area (Å²) in [6, 6.07) is 0.